The molecule has 3 heteroatoms. The van der Waals surface area contributed by atoms with Crippen LogP contribution in [0.2, 0.25) is 0 Å². The van der Waals surface area contributed by atoms with Gasteiger partial charge < -0.3 is 0 Å². The maximum absolute atomic E-state index is 5.04. The third-order valence-electron chi connectivity index (χ3n) is 1.61. The Morgan fingerprint density at radius 2 is 2.27 bits per heavy atom. The van der Waals surface area contributed by atoms with Crippen LogP contribution in [-0.2, 0) is 6.42 Å². The lowest BCUT2D eigenvalue weighted by Gasteiger charge is -2.07. The first-order valence-electron chi connectivity index (χ1n) is 3.36. The van der Waals surface area contributed by atoms with Gasteiger partial charge in [-0.2, -0.15) is 0 Å². The summed E-state index contributed by atoms with van der Waals surface area (Å²) in [6.07, 6.45) is 8.03. The molecule has 1 aliphatic rings. The number of aromatic nitrogens is 2. The van der Waals surface area contributed by atoms with Crippen LogP contribution in [0.15, 0.2) is 18.6 Å². The lowest BCUT2D eigenvalue weighted by atomic mass is 10.0. The van der Waals surface area contributed by atoms with Crippen LogP contribution in [0.1, 0.15) is 11.3 Å². The van der Waals surface area contributed by atoms with Crippen molar-refractivity contribution in [2.45, 2.75) is 6.42 Å². The van der Waals surface area contributed by atoms with Crippen molar-refractivity contribution in [2.24, 2.45) is 0 Å². The van der Waals surface area contributed by atoms with Gasteiger partial charge in [-0.15, -0.1) is 0 Å². The number of fused-ring (bicyclic) bond motifs is 1. The Morgan fingerprint density at radius 3 is 3.18 bits per heavy atom. The molecule has 1 aliphatic carbocycles. The van der Waals surface area contributed by atoms with E-state index in [-0.39, 0.29) is 0 Å². The van der Waals surface area contributed by atoms with Gasteiger partial charge in [0.25, 0.3) is 0 Å². The number of thiocarbonyl (C=S) groups is 1. The molecule has 0 fully saturated rings. The van der Waals surface area contributed by atoms with Crippen LogP contribution in [0.25, 0.3) is 6.08 Å². The molecule has 11 heavy (non-hydrogen) atoms. The van der Waals surface area contributed by atoms with Crippen LogP contribution in [0, 0.1) is 0 Å². The summed E-state index contributed by atoms with van der Waals surface area (Å²) in [4.78, 5) is 8.98. The second kappa shape index (κ2) is 2.51. The first-order valence-corrected chi connectivity index (χ1v) is 3.77. The van der Waals surface area contributed by atoms with E-state index in [2.05, 4.69) is 9.97 Å². The van der Waals surface area contributed by atoms with E-state index in [9.17, 15) is 0 Å². The normalized spacial score (nSPS) is 14.7. The molecule has 0 unspecified atom stereocenters. The molecule has 0 bridgehead atoms. The lowest BCUT2D eigenvalue weighted by Crippen LogP contribution is -2.05. The van der Waals surface area contributed by atoms with Crippen molar-refractivity contribution in [2.75, 3.05) is 0 Å². The molecule has 1 heterocycles. The highest BCUT2D eigenvalue weighted by atomic mass is 32.1. The van der Waals surface area contributed by atoms with Crippen molar-refractivity contribution in [1.29, 1.82) is 0 Å². The van der Waals surface area contributed by atoms with Gasteiger partial charge in [-0.05, 0) is 12.2 Å². The Morgan fingerprint density at radius 1 is 1.36 bits per heavy atom. The molecule has 0 aromatic carbocycles. The van der Waals surface area contributed by atoms with Gasteiger partial charge in [0.15, 0.2) is 0 Å². The molecule has 54 valence electrons. The Labute approximate surface area is 70.0 Å². The van der Waals surface area contributed by atoms with Crippen LogP contribution in [0.3, 0.4) is 0 Å². The van der Waals surface area contributed by atoms with Gasteiger partial charge in [-0.1, -0.05) is 12.2 Å². The van der Waals surface area contributed by atoms with Crippen molar-refractivity contribution in [1.82, 2.24) is 9.97 Å². The molecule has 0 saturated carbocycles. The maximum atomic E-state index is 5.04. The minimum absolute atomic E-state index is 0.808. The summed E-state index contributed by atoms with van der Waals surface area (Å²) in [5, 5.41) is 0. The molecule has 0 radical (unpaired) electrons. The van der Waals surface area contributed by atoms with Gasteiger partial charge >= 0.3 is 0 Å². The fraction of sp³-hybridized carbons (Fsp3) is 0.125. The molecular weight excluding hydrogens is 156 g/mol. The molecule has 2 rings (SSSR count). The summed E-state index contributed by atoms with van der Waals surface area (Å²) in [6.45, 7) is 0. The summed E-state index contributed by atoms with van der Waals surface area (Å²) >= 11 is 5.04. The molecule has 0 atom stereocenters. The van der Waals surface area contributed by atoms with Gasteiger partial charge in [-0.25, -0.2) is 9.97 Å². The topological polar surface area (TPSA) is 25.8 Å². The number of rotatable bonds is 0. The summed E-state index contributed by atoms with van der Waals surface area (Å²) in [6, 6.07) is 0. The smallest absolute Gasteiger partial charge is 0.116 e. The van der Waals surface area contributed by atoms with E-state index in [1.165, 1.54) is 0 Å². The van der Waals surface area contributed by atoms with E-state index in [4.69, 9.17) is 12.2 Å². The highest BCUT2D eigenvalue weighted by Gasteiger charge is 2.07. The highest BCUT2D eigenvalue weighted by Crippen LogP contribution is 2.13. The standard InChI is InChI=1S/C8H6N2S/c11-7-1-2-8-6(3-7)4-9-5-10-8/h1-2,4-5H,3H2. The molecule has 2 nitrogen and oxygen atoms in total. The van der Waals surface area contributed by atoms with Gasteiger partial charge in [0.1, 0.15) is 6.33 Å². The summed E-state index contributed by atoms with van der Waals surface area (Å²) in [7, 11) is 0. The molecule has 1 aromatic heterocycles. The van der Waals surface area contributed by atoms with Crippen molar-refractivity contribution in [3.63, 3.8) is 0 Å². The fourth-order valence-corrected chi connectivity index (χ4v) is 1.30. The first-order chi connectivity index (χ1) is 5.36. The second-order valence-corrected chi connectivity index (χ2v) is 2.93. The molecule has 0 amide bonds. The van der Waals surface area contributed by atoms with Crippen LogP contribution in [0.4, 0.5) is 0 Å². The van der Waals surface area contributed by atoms with Crippen molar-refractivity contribution < 1.29 is 0 Å². The molecule has 0 N–H and O–H groups in total. The van der Waals surface area contributed by atoms with Crippen molar-refractivity contribution in [3.8, 4) is 0 Å². The van der Waals surface area contributed by atoms with Gasteiger partial charge in [0.2, 0.25) is 0 Å². The van der Waals surface area contributed by atoms with E-state index >= 15 is 0 Å². The van der Waals surface area contributed by atoms with E-state index < -0.39 is 0 Å². The molecule has 0 saturated heterocycles. The minimum Gasteiger partial charge on any atom is -0.244 e. The lowest BCUT2D eigenvalue weighted by molar-refractivity contribution is 1.09. The average Bonchev–Trinajstić information content (AvgIpc) is 2.04. The summed E-state index contributed by atoms with van der Waals surface area (Å²) < 4.78 is 0. The SMILES string of the molecule is S=C1C=Cc2ncncc2C1. The second-order valence-electron chi connectivity index (χ2n) is 2.41. The van der Waals surface area contributed by atoms with Crippen LogP contribution in [-0.4, -0.2) is 14.8 Å². The molecule has 1 aromatic rings. The van der Waals surface area contributed by atoms with E-state index in [1.807, 2.05) is 18.3 Å². The van der Waals surface area contributed by atoms with Gasteiger partial charge in [0, 0.05) is 23.0 Å². The molecule has 0 spiro atoms. The van der Waals surface area contributed by atoms with Crippen LogP contribution >= 0.6 is 12.2 Å². The van der Waals surface area contributed by atoms with Crippen molar-refractivity contribution >= 4 is 23.2 Å². The quantitative estimate of drug-likeness (QED) is 0.539. The van der Waals surface area contributed by atoms with Crippen molar-refractivity contribution in [3.05, 3.63) is 29.9 Å². The zero-order valence-corrected chi connectivity index (χ0v) is 6.64. The third-order valence-corrected chi connectivity index (χ3v) is 1.90. The van der Waals surface area contributed by atoms with Crippen LogP contribution in [0.5, 0.6) is 0 Å². The Bertz CT molecular complexity index is 331. The number of nitrogens with zero attached hydrogens (tertiary/aromatic N) is 2. The van der Waals surface area contributed by atoms with Gasteiger partial charge in [-0.3, -0.25) is 0 Å². The molecule has 0 aliphatic heterocycles. The Balaban J connectivity index is 2.54. The maximum Gasteiger partial charge on any atom is 0.116 e. The first kappa shape index (κ1) is 6.61. The number of hydrogen-bond donors (Lipinski definition) is 0. The fourth-order valence-electron chi connectivity index (χ4n) is 1.07. The van der Waals surface area contributed by atoms with E-state index in [0.29, 0.717) is 0 Å². The highest BCUT2D eigenvalue weighted by molar-refractivity contribution is 7.80. The van der Waals surface area contributed by atoms with Gasteiger partial charge in [0.05, 0.1) is 5.69 Å². The predicted molar refractivity (Wildman–Crippen MR) is 47.4 cm³/mol. The van der Waals surface area contributed by atoms with E-state index in [0.717, 1.165) is 22.5 Å². The van der Waals surface area contributed by atoms with Crippen LogP contribution < -0.4 is 0 Å². The predicted octanol–water partition coefficient (Wildman–Crippen LogP) is 1.42. The Hall–Kier alpha value is -1.09. The number of allylic oxidation sites excluding steroid dienone is 1. The largest absolute Gasteiger partial charge is 0.244 e. The zero-order valence-electron chi connectivity index (χ0n) is 5.82. The number of hydrogen-bond acceptors (Lipinski definition) is 3. The summed E-state index contributed by atoms with van der Waals surface area (Å²) in [5.41, 5.74) is 2.12. The monoisotopic (exact) mass is 162 g/mol. The Kier molecular flexibility index (Phi) is 1.51. The molecular formula is C8H6N2S. The third kappa shape index (κ3) is 1.19. The summed E-state index contributed by atoms with van der Waals surface area (Å²) in [5.74, 6) is 0. The average molecular weight is 162 g/mol. The zero-order chi connectivity index (χ0) is 7.68. The minimum atomic E-state index is 0.808. The van der Waals surface area contributed by atoms with E-state index in [1.54, 1.807) is 6.33 Å².